The molecule has 0 amide bonds. The monoisotopic (exact) mass is 240 g/mol. The van der Waals surface area contributed by atoms with E-state index < -0.39 is 11.0 Å². The summed E-state index contributed by atoms with van der Waals surface area (Å²) >= 11 is 0. The Hall–Kier alpha value is -0.570. The Bertz CT molecular complexity index is 317. The lowest BCUT2D eigenvalue weighted by molar-refractivity contribution is -0.161. The molecule has 0 heterocycles. The van der Waals surface area contributed by atoms with Crippen molar-refractivity contribution < 1.29 is 14.6 Å². The van der Waals surface area contributed by atoms with Gasteiger partial charge in [0.15, 0.2) is 0 Å². The Morgan fingerprint density at radius 1 is 1.06 bits per heavy atom. The van der Waals surface area contributed by atoms with E-state index in [2.05, 4.69) is 13.8 Å². The summed E-state index contributed by atoms with van der Waals surface area (Å²) < 4.78 is 4.89. The van der Waals surface area contributed by atoms with Crippen molar-refractivity contribution in [2.45, 2.75) is 64.4 Å². The van der Waals surface area contributed by atoms with Gasteiger partial charge in [-0.3, -0.25) is 4.79 Å². The van der Waals surface area contributed by atoms with Gasteiger partial charge in [0.2, 0.25) is 0 Å². The highest BCUT2D eigenvalue weighted by atomic mass is 16.5. The van der Waals surface area contributed by atoms with Gasteiger partial charge >= 0.3 is 5.97 Å². The first-order chi connectivity index (χ1) is 7.85. The van der Waals surface area contributed by atoms with Gasteiger partial charge in [0.25, 0.3) is 0 Å². The molecule has 0 aromatic heterocycles. The summed E-state index contributed by atoms with van der Waals surface area (Å²) in [7, 11) is 1.42. The molecule has 2 aliphatic rings. The number of aliphatic hydroxyl groups is 1. The second kappa shape index (κ2) is 3.98. The Kier molecular flexibility index (Phi) is 3.01. The van der Waals surface area contributed by atoms with Crippen molar-refractivity contribution in [3.05, 3.63) is 0 Å². The first-order valence-electron chi connectivity index (χ1n) is 6.66. The highest BCUT2D eigenvalue weighted by Crippen LogP contribution is 2.60. The lowest BCUT2D eigenvalue weighted by atomic mass is 9.77. The fraction of sp³-hybridized carbons (Fsp3) is 0.929. The Morgan fingerprint density at radius 2 is 1.71 bits per heavy atom. The number of ether oxygens (including phenoxy) is 1. The van der Waals surface area contributed by atoms with Gasteiger partial charge in [0.1, 0.15) is 0 Å². The molecule has 1 N–H and O–H groups in total. The van der Waals surface area contributed by atoms with Crippen LogP contribution < -0.4 is 0 Å². The Balaban J connectivity index is 2.17. The molecule has 2 rings (SSSR count). The van der Waals surface area contributed by atoms with E-state index in [4.69, 9.17) is 4.74 Å². The molecule has 2 saturated carbocycles. The predicted octanol–water partition coefficient (Wildman–Crippen LogP) is 2.66. The van der Waals surface area contributed by atoms with Crippen LogP contribution in [0.5, 0.6) is 0 Å². The molecule has 1 unspecified atom stereocenters. The summed E-state index contributed by atoms with van der Waals surface area (Å²) in [6.45, 7) is 4.49. The molecule has 2 fully saturated rings. The van der Waals surface area contributed by atoms with E-state index in [0.29, 0.717) is 0 Å². The van der Waals surface area contributed by atoms with Crippen LogP contribution >= 0.6 is 0 Å². The van der Waals surface area contributed by atoms with Crippen LogP contribution in [0.15, 0.2) is 0 Å². The van der Waals surface area contributed by atoms with Crippen LogP contribution in [0.25, 0.3) is 0 Å². The van der Waals surface area contributed by atoms with Crippen molar-refractivity contribution in [3.63, 3.8) is 0 Å². The molecule has 3 nitrogen and oxygen atoms in total. The molecule has 1 atom stereocenters. The lowest BCUT2D eigenvalue weighted by Gasteiger charge is -2.34. The summed E-state index contributed by atoms with van der Waals surface area (Å²) in [5.74, 6) is -0.209. The van der Waals surface area contributed by atoms with Crippen LogP contribution in [-0.2, 0) is 9.53 Å². The number of esters is 1. The smallest absolute Gasteiger partial charge is 0.314 e. The van der Waals surface area contributed by atoms with E-state index in [1.54, 1.807) is 0 Å². The Labute approximate surface area is 104 Å². The second-order valence-electron chi connectivity index (χ2n) is 6.62. The van der Waals surface area contributed by atoms with E-state index >= 15 is 0 Å². The average molecular weight is 240 g/mol. The zero-order chi connectivity index (χ0) is 12.7. The van der Waals surface area contributed by atoms with Crippen LogP contribution in [0.2, 0.25) is 0 Å². The third-order valence-electron chi connectivity index (χ3n) is 4.88. The predicted molar refractivity (Wildman–Crippen MR) is 65.5 cm³/mol. The standard InChI is InChI=1S/C14H24O3/c1-12(2)5-4-6-14(16,10-7-12)13(8-9-13)11(15)17-3/h16H,4-10H2,1-3H3. The second-order valence-corrected chi connectivity index (χ2v) is 6.62. The summed E-state index contributed by atoms with van der Waals surface area (Å²) in [6, 6.07) is 0. The quantitative estimate of drug-likeness (QED) is 0.596. The summed E-state index contributed by atoms with van der Waals surface area (Å²) in [4.78, 5) is 11.9. The largest absolute Gasteiger partial charge is 0.469 e. The lowest BCUT2D eigenvalue weighted by Crippen LogP contribution is -2.44. The van der Waals surface area contributed by atoms with Crippen molar-refractivity contribution >= 4 is 5.97 Å². The number of carbonyl (C=O) groups excluding carboxylic acids is 1. The number of carbonyl (C=O) groups is 1. The number of hydrogen-bond donors (Lipinski definition) is 1. The number of methoxy groups -OCH3 is 1. The maximum atomic E-state index is 11.9. The minimum atomic E-state index is -0.826. The zero-order valence-electron chi connectivity index (χ0n) is 11.2. The molecule has 0 aromatic carbocycles. The molecule has 0 bridgehead atoms. The van der Waals surface area contributed by atoms with E-state index in [0.717, 1.165) is 44.9 Å². The highest BCUT2D eigenvalue weighted by molar-refractivity contribution is 5.81. The van der Waals surface area contributed by atoms with Gasteiger partial charge in [-0.15, -0.1) is 0 Å². The molecule has 0 aromatic rings. The Morgan fingerprint density at radius 3 is 2.24 bits per heavy atom. The van der Waals surface area contributed by atoms with Gasteiger partial charge in [-0.25, -0.2) is 0 Å². The molecule has 98 valence electrons. The van der Waals surface area contributed by atoms with E-state index in [1.165, 1.54) is 7.11 Å². The molecule has 0 radical (unpaired) electrons. The minimum Gasteiger partial charge on any atom is -0.469 e. The van der Waals surface area contributed by atoms with Crippen LogP contribution in [0.4, 0.5) is 0 Å². The van der Waals surface area contributed by atoms with Gasteiger partial charge in [0.05, 0.1) is 18.1 Å². The van der Waals surface area contributed by atoms with Crippen molar-refractivity contribution in [3.8, 4) is 0 Å². The number of rotatable bonds is 2. The van der Waals surface area contributed by atoms with Gasteiger partial charge < -0.3 is 9.84 Å². The van der Waals surface area contributed by atoms with Crippen molar-refractivity contribution in [2.75, 3.05) is 7.11 Å². The summed E-state index contributed by atoms with van der Waals surface area (Å²) in [6.07, 6.45) is 6.17. The van der Waals surface area contributed by atoms with Crippen LogP contribution in [0.3, 0.4) is 0 Å². The summed E-state index contributed by atoms with van der Waals surface area (Å²) in [5, 5.41) is 10.9. The minimum absolute atomic E-state index is 0.209. The van der Waals surface area contributed by atoms with E-state index in [-0.39, 0.29) is 11.4 Å². The van der Waals surface area contributed by atoms with Crippen LogP contribution in [-0.4, -0.2) is 23.8 Å². The van der Waals surface area contributed by atoms with Gasteiger partial charge in [-0.05, 0) is 43.9 Å². The fourth-order valence-corrected chi connectivity index (χ4v) is 3.31. The molecule has 3 heteroatoms. The zero-order valence-corrected chi connectivity index (χ0v) is 11.2. The van der Waals surface area contributed by atoms with Crippen LogP contribution in [0, 0.1) is 10.8 Å². The molecule has 17 heavy (non-hydrogen) atoms. The van der Waals surface area contributed by atoms with Crippen molar-refractivity contribution in [1.82, 2.24) is 0 Å². The number of hydrogen-bond acceptors (Lipinski definition) is 3. The van der Waals surface area contributed by atoms with Gasteiger partial charge in [0, 0.05) is 0 Å². The first-order valence-corrected chi connectivity index (χ1v) is 6.66. The maximum absolute atomic E-state index is 11.9. The van der Waals surface area contributed by atoms with E-state index in [1.807, 2.05) is 0 Å². The maximum Gasteiger partial charge on any atom is 0.314 e. The van der Waals surface area contributed by atoms with Gasteiger partial charge in [-0.1, -0.05) is 20.3 Å². The highest BCUT2D eigenvalue weighted by Gasteiger charge is 2.64. The average Bonchev–Trinajstić information content (AvgIpc) is 3.06. The van der Waals surface area contributed by atoms with Gasteiger partial charge in [-0.2, -0.15) is 0 Å². The van der Waals surface area contributed by atoms with E-state index in [9.17, 15) is 9.90 Å². The molecular weight excluding hydrogens is 216 g/mol. The molecule has 0 aliphatic heterocycles. The van der Waals surface area contributed by atoms with Crippen molar-refractivity contribution in [1.29, 1.82) is 0 Å². The topological polar surface area (TPSA) is 46.5 Å². The molecular formula is C14H24O3. The first kappa shape index (κ1) is 12.9. The van der Waals surface area contributed by atoms with Crippen molar-refractivity contribution in [2.24, 2.45) is 10.8 Å². The SMILES string of the molecule is COC(=O)C1(C2(O)CCCC(C)(C)CC2)CC1. The normalized spacial score (nSPS) is 34.8. The third-order valence-corrected chi connectivity index (χ3v) is 4.88. The fourth-order valence-electron chi connectivity index (χ4n) is 3.31. The van der Waals surface area contributed by atoms with Crippen LogP contribution in [0.1, 0.15) is 58.8 Å². The molecule has 0 spiro atoms. The summed E-state index contributed by atoms with van der Waals surface area (Å²) in [5.41, 5.74) is -1.12. The third kappa shape index (κ3) is 2.10. The molecule has 0 saturated heterocycles. The molecule has 2 aliphatic carbocycles.